The molecule has 0 bridgehead atoms. The minimum atomic E-state index is -3.83. The highest BCUT2D eigenvalue weighted by Crippen LogP contribution is 2.28. The number of nitrogens with one attached hydrogen (secondary N) is 2. The maximum Gasteiger partial charge on any atom is 0.274 e. The average Bonchev–Trinajstić information content (AvgIpc) is 3.22. The monoisotopic (exact) mass is 385 g/mol. The van der Waals surface area contributed by atoms with Crippen LogP contribution in [0.4, 0.5) is 11.4 Å². The molecule has 1 aromatic heterocycles. The zero-order chi connectivity index (χ0) is 19.4. The van der Waals surface area contributed by atoms with Gasteiger partial charge in [0, 0.05) is 13.2 Å². The number of anilines is 2. The Morgan fingerprint density at radius 2 is 1.74 bits per heavy atom. The van der Waals surface area contributed by atoms with Gasteiger partial charge >= 0.3 is 0 Å². The van der Waals surface area contributed by atoms with Crippen LogP contribution in [-0.4, -0.2) is 33.5 Å². The summed E-state index contributed by atoms with van der Waals surface area (Å²) in [4.78, 5) is 16.9. The third kappa shape index (κ3) is 3.95. The number of amides is 1. The minimum absolute atomic E-state index is 0.0939. The highest BCUT2D eigenvalue weighted by atomic mass is 32.2. The van der Waals surface area contributed by atoms with Gasteiger partial charge in [-0.3, -0.25) is 9.52 Å². The zero-order valence-corrected chi connectivity index (χ0v) is 15.7. The molecule has 0 radical (unpaired) electrons. The van der Waals surface area contributed by atoms with Gasteiger partial charge in [0.1, 0.15) is 11.4 Å². The number of benzene rings is 2. The minimum Gasteiger partial charge on any atom is -0.497 e. The number of rotatable bonds is 6. The summed E-state index contributed by atoms with van der Waals surface area (Å²) >= 11 is 0. The fourth-order valence-corrected chi connectivity index (χ4v) is 3.64. The molecule has 2 N–H and O–H groups in total. The van der Waals surface area contributed by atoms with E-state index < -0.39 is 10.0 Å². The van der Waals surface area contributed by atoms with E-state index in [1.807, 2.05) is 0 Å². The first-order chi connectivity index (χ1) is 12.9. The molecule has 0 fully saturated rings. The van der Waals surface area contributed by atoms with Crippen LogP contribution in [0.25, 0.3) is 0 Å². The number of aromatic nitrogens is 1. The number of sulfonamides is 1. The van der Waals surface area contributed by atoms with Gasteiger partial charge in [0.05, 0.1) is 23.4 Å². The highest BCUT2D eigenvalue weighted by Gasteiger charge is 2.20. The van der Waals surface area contributed by atoms with Crippen LogP contribution in [0.15, 0.2) is 71.8 Å². The third-order valence-corrected chi connectivity index (χ3v) is 5.39. The molecule has 8 heteroatoms. The number of para-hydroxylation sites is 2. The molecule has 2 aromatic carbocycles. The molecule has 0 aliphatic carbocycles. The lowest BCUT2D eigenvalue weighted by molar-refractivity contribution is 0.0989. The molecular weight excluding hydrogens is 366 g/mol. The smallest absolute Gasteiger partial charge is 0.274 e. The molecular formula is C19H19N3O4S. The van der Waals surface area contributed by atoms with Crippen molar-refractivity contribution in [1.29, 1.82) is 0 Å². The van der Waals surface area contributed by atoms with Crippen molar-refractivity contribution in [3.05, 3.63) is 72.6 Å². The maximum absolute atomic E-state index is 12.7. The van der Waals surface area contributed by atoms with Crippen molar-refractivity contribution in [1.82, 2.24) is 4.98 Å². The summed E-state index contributed by atoms with van der Waals surface area (Å²) in [6.45, 7) is 0. The van der Waals surface area contributed by atoms with Crippen LogP contribution in [0, 0.1) is 0 Å². The van der Waals surface area contributed by atoms with E-state index >= 15 is 0 Å². The summed E-state index contributed by atoms with van der Waals surface area (Å²) < 4.78 is 33.0. The number of hydrogen-bond acceptors (Lipinski definition) is 4. The molecule has 0 aliphatic rings. The molecule has 1 amide bonds. The number of H-pyrrole nitrogens is 1. The van der Waals surface area contributed by atoms with E-state index in [1.54, 1.807) is 61.8 Å². The molecule has 0 spiro atoms. The highest BCUT2D eigenvalue weighted by molar-refractivity contribution is 7.92. The van der Waals surface area contributed by atoms with Crippen LogP contribution >= 0.6 is 0 Å². The van der Waals surface area contributed by atoms with Crippen LogP contribution in [0.3, 0.4) is 0 Å². The first kappa shape index (κ1) is 18.5. The van der Waals surface area contributed by atoms with Gasteiger partial charge in [0.2, 0.25) is 0 Å². The number of ether oxygens (including phenoxy) is 1. The van der Waals surface area contributed by atoms with Gasteiger partial charge in [-0.05, 0) is 48.5 Å². The molecule has 0 saturated carbocycles. The van der Waals surface area contributed by atoms with Crippen molar-refractivity contribution in [3.63, 3.8) is 0 Å². The summed E-state index contributed by atoms with van der Waals surface area (Å²) in [5.41, 5.74) is 1.15. The average molecular weight is 385 g/mol. The number of methoxy groups -OCH3 is 1. The predicted molar refractivity (Wildman–Crippen MR) is 104 cm³/mol. The second-order valence-electron chi connectivity index (χ2n) is 5.75. The van der Waals surface area contributed by atoms with Crippen LogP contribution < -0.4 is 14.4 Å². The molecule has 3 rings (SSSR count). The van der Waals surface area contributed by atoms with Gasteiger partial charge in [-0.2, -0.15) is 0 Å². The number of carbonyl (C=O) groups is 1. The molecule has 0 aliphatic heterocycles. The fraction of sp³-hybridized carbons (Fsp3) is 0.105. The van der Waals surface area contributed by atoms with Gasteiger partial charge in [0.15, 0.2) is 0 Å². The number of hydrogen-bond donors (Lipinski definition) is 2. The zero-order valence-electron chi connectivity index (χ0n) is 14.8. The van der Waals surface area contributed by atoms with E-state index in [9.17, 15) is 13.2 Å². The van der Waals surface area contributed by atoms with E-state index in [2.05, 4.69) is 9.71 Å². The summed E-state index contributed by atoms with van der Waals surface area (Å²) in [6, 6.07) is 16.1. The van der Waals surface area contributed by atoms with Gasteiger partial charge in [0.25, 0.3) is 15.9 Å². The molecule has 140 valence electrons. The lowest BCUT2D eigenvalue weighted by Gasteiger charge is -2.21. The van der Waals surface area contributed by atoms with Crippen molar-refractivity contribution in [2.45, 2.75) is 4.90 Å². The van der Waals surface area contributed by atoms with E-state index in [4.69, 9.17) is 4.74 Å². The Kier molecular flexibility index (Phi) is 5.18. The van der Waals surface area contributed by atoms with E-state index in [0.717, 1.165) is 0 Å². The molecule has 27 heavy (non-hydrogen) atoms. The Balaban J connectivity index is 1.90. The van der Waals surface area contributed by atoms with Crippen molar-refractivity contribution >= 4 is 27.3 Å². The first-order valence-corrected chi connectivity index (χ1v) is 9.58. The van der Waals surface area contributed by atoms with Crippen LogP contribution in [0.2, 0.25) is 0 Å². The number of carbonyl (C=O) groups excluding carboxylic acids is 1. The lowest BCUT2D eigenvalue weighted by atomic mass is 10.2. The van der Waals surface area contributed by atoms with Crippen molar-refractivity contribution in [2.75, 3.05) is 23.8 Å². The van der Waals surface area contributed by atoms with Gasteiger partial charge in [-0.1, -0.05) is 12.1 Å². The largest absolute Gasteiger partial charge is 0.497 e. The fourth-order valence-electron chi connectivity index (χ4n) is 2.56. The summed E-state index contributed by atoms with van der Waals surface area (Å²) in [5, 5.41) is 0. The second-order valence-corrected chi connectivity index (χ2v) is 7.43. The Hall–Kier alpha value is -3.26. The maximum atomic E-state index is 12.7. The van der Waals surface area contributed by atoms with Gasteiger partial charge < -0.3 is 14.6 Å². The molecule has 1 heterocycles. The third-order valence-electron chi connectivity index (χ3n) is 4.01. The van der Waals surface area contributed by atoms with E-state index in [0.29, 0.717) is 22.8 Å². The van der Waals surface area contributed by atoms with Gasteiger partial charge in [-0.25, -0.2) is 8.42 Å². The Morgan fingerprint density at radius 1 is 1.04 bits per heavy atom. The Labute approximate surface area is 157 Å². The van der Waals surface area contributed by atoms with E-state index in [-0.39, 0.29) is 10.8 Å². The quantitative estimate of drug-likeness (QED) is 0.682. The van der Waals surface area contributed by atoms with Crippen molar-refractivity contribution in [3.8, 4) is 5.75 Å². The molecule has 0 saturated heterocycles. The predicted octanol–water partition coefficient (Wildman–Crippen LogP) is 3.10. The summed E-state index contributed by atoms with van der Waals surface area (Å²) in [6.07, 6.45) is 1.65. The topological polar surface area (TPSA) is 91.5 Å². The molecule has 0 unspecified atom stereocenters. The SMILES string of the molecule is COc1ccc(S(=O)(=O)Nc2ccccc2N(C)C(=O)c2ccc[nH]2)cc1. The van der Waals surface area contributed by atoms with Crippen molar-refractivity contribution < 1.29 is 17.9 Å². The second kappa shape index (κ2) is 7.55. The molecule has 0 atom stereocenters. The summed E-state index contributed by atoms with van der Waals surface area (Å²) in [7, 11) is -0.729. The molecule has 7 nitrogen and oxygen atoms in total. The Bertz CT molecular complexity index is 1030. The van der Waals surface area contributed by atoms with Crippen molar-refractivity contribution in [2.24, 2.45) is 0 Å². The van der Waals surface area contributed by atoms with Crippen LogP contribution in [-0.2, 0) is 10.0 Å². The standard InChI is InChI=1S/C19H19N3O4S/c1-22(19(23)17-7-5-13-20-17)18-8-4-3-6-16(18)21-27(24,25)15-11-9-14(26-2)10-12-15/h3-13,20-21H,1-2H3. The van der Waals surface area contributed by atoms with Crippen LogP contribution in [0.1, 0.15) is 10.5 Å². The van der Waals surface area contributed by atoms with Gasteiger partial charge in [-0.15, -0.1) is 0 Å². The first-order valence-electron chi connectivity index (χ1n) is 8.10. The Morgan fingerprint density at radius 3 is 2.37 bits per heavy atom. The van der Waals surface area contributed by atoms with Crippen LogP contribution in [0.5, 0.6) is 5.75 Å². The molecule has 3 aromatic rings. The number of nitrogens with zero attached hydrogens (tertiary/aromatic N) is 1. The summed E-state index contributed by atoms with van der Waals surface area (Å²) in [5.74, 6) is 0.279. The number of aromatic amines is 1. The van der Waals surface area contributed by atoms with E-state index in [1.165, 1.54) is 24.1 Å². The normalized spacial score (nSPS) is 11.0. The lowest BCUT2D eigenvalue weighted by Crippen LogP contribution is -2.28.